The molecule has 1 N–H and O–H groups in total. The number of anilines is 1. The number of carbonyl (C=O) groups is 1. The molecule has 0 fully saturated rings. The van der Waals surface area contributed by atoms with Crippen molar-refractivity contribution in [2.45, 2.75) is 27.2 Å². The van der Waals surface area contributed by atoms with Crippen molar-refractivity contribution in [1.82, 2.24) is 14.4 Å². The topological polar surface area (TPSA) is 59.3 Å². The zero-order chi connectivity index (χ0) is 15.7. The minimum atomic E-state index is -0.184. The lowest BCUT2D eigenvalue weighted by atomic mass is 10.2. The van der Waals surface area contributed by atoms with Crippen LogP contribution in [-0.4, -0.2) is 20.3 Å². The molecule has 3 aromatic rings. The molecule has 0 aliphatic rings. The van der Waals surface area contributed by atoms with E-state index in [0.717, 1.165) is 22.5 Å². The summed E-state index contributed by atoms with van der Waals surface area (Å²) in [6.45, 7) is 5.91. The molecular weight excluding hydrogens is 276 g/mol. The number of imidazole rings is 1. The van der Waals surface area contributed by atoms with Crippen molar-refractivity contribution in [3.63, 3.8) is 0 Å². The van der Waals surface area contributed by atoms with Crippen LogP contribution in [0.1, 0.15) is 34.2 Å². The van der Waals surface area contributed by atoms with Crippen LogP contribution in [0, 0.1) is 13.8 Å². The van der Waals surface area contributed by atoms with E-state index in [1.165, 1.54) is 0 Å². The Morgan fingerprint density at radius 1 is 1.27 bits per heavy atom. The predicted molar refractivity (Wildman–Crippen MR) is 86.2 cm³/mol. The molecule has 3 heterocycles. The van der Waals surface area contributed by atoms with Crippen LogP contribution < -0.4 is 5.32 Å². The first kappa shape index (κ1) is 14.3. The zero-order valence-electron chi connectivity index (χ0n) is 12.9. The van der Waals surface area contributed by atoms with E-state index in [9.17, 15) is 4.79 Å². The maximum absolute atomic E-state index is 12.7. The van der Waals surface area contributed by atoms with Crippen molar-refractivity contribution < 1.29 is 4.79 Å². The quantitative estimate of drug-likeness (QED) is 0.807. The molecule has 5 nitrogen and oxygen atoms in total. The number of aryl methyl sites for hydroxylation is 3. The van der Waals surface area contributed by atoms with Gasteiger partial charge in [0.2, 0.25) is 0 Å². The minimum Gasteiger partial charge on any atom is -0.305 e. The van der Waals surface area contributed by atoms with Gasteiger partial charge in [-0.25, -0.2) is 9.97 Å². The molecule has 112 valence electrons. The van der Waals surface area contributed by atoms with Gasteiger partial charge in [-0.2, -0.15) is 0 Å². The molecule has 0 saturated heterocycles. The highest BCUT2D eigenvalue weighted by Crippen LogP contribution is 2.17. The monoisotopic (exact) mass is 294 g/mol. The molecule has 0 unspecified atom stereocenters. The molecule has 0 radical (unpaired) electrons. The van der Waals surface area contributed by atoms with Gasteiger partial charge in [0.25, 0.3) is 5.91 Å². The van der Waals surface area contributed by atoms with Gasteiger partial charge >= 0.3 is 0 Å². The van der Waals surface area contributed by atoms with E-state index in [-0.39, 0.29) is 5.91 Å². The molecule has 0 atom stereocenters. The molecule has 0 aliphatic carbocycles. The fourth-order valence-electron chi connectivity index (χ4n) is 2.47. The first-order valence-corrected chi connectivity index (χ1v) is 7.30. The normalized spacial score (nSPS) is 10.9. The molecule has 0 aromatic carbocycles. The van der Waals surface area contributed by atoms with Gasteiger partial charge in [0.1, 0.15) is 17.2 Å². The van der Waals surface area contributed by atoms with E-state index in [1.54, 1.807) is 6.20 Å². The van der Waals surface area contributed by atoms with Gasteiger partial charge in [0.15, 0.2) is 0 Å². The average molecular weight is 294 g/mol. The van der Waals surface area contributed by atoms with Crippen LogP contribution >= 0.6 is 0 Å². The molecule has 0 saturated carbocycles. The molecule has 3 rings (SSSR count). The summed E-state index contributed by atoms with van der Waals surface area (Å²) in [7, 11) is 0. The highest BCUT2D eigenvalue weighted by atomic mass is 16.2. The molecule has 0 spiro atoms. The van der Waals surface area contributed by atoms with Gasteiger partial charge in [0, 0.05) is 12.4 Å². The molecule has 3 aromatic heterocycles. The third-order valence-corrected chi connectivity index (χ3v) is 3.63. The number of pyridine rings is 2. The third-order valence-electron chi connectivity index (χ3n) is 3.63. The first-order valence-electron chi connectivity index (χ1n) is 7.30. The maximum Gasteiger partial charge on any atom is 0.275 e. The van der Waals surface area contributed by atoms with Gasteiger partial charge < -0.3 is 5.32 Å². The van der Waals surface area contributed by atoms with Crippen LogP contribution in [0.3, 0.4) is 0 Å². The third kappa shape index (κ3) is 2.45. The highest BCUT2D eigenvalue weighted by Gasteiger charge is 2.19. The second kappa shape index (κ2) is 5.60. The predicted octanol–water partition coefficient (Wildman–Crippen LogP) is 3.16. The summed E-state index contributed by atoms with van der Waals surface area (Å²) in [5.41, 5.74) is 4.16. The van der Waals surface area contributed by atoms with Crippen LogP contribution in [-0.2, 0) is 6.42 Å². The summed E-state index contributed by atoms with van der Waals surface area (Å²) in [5.74, 6) is 0.397. The summed E-state index contributed by atoms with van der Waals surface area (Å²) in [6.07, 6.45) is 4.30. The minimum absolute atomic E-state index is 0.184. The largest absolute Gasteiger partial charge is 0.305 e. The van der Waals surface area contributed by atoms with E-state index in [2.05, 4.69) is 15.3 Å². The van der Waals surface area contributed by atoms with E-state index in [1.807, 2.05) is 55.6 Å². The number of fused-ring (bicyclic) bond motifs is 1. The lowest BCUT2D eigenvalue weighted by Gasteiger charge is -2.08. The van der Waals surface area contributed by atoms with Crippen molar-refractivity contribution in [3.8, 4) is 0 Å². The van der Waals surface area contributed by atoms with Gasteiger partial charge in [-0.3, -0.25) is 9.20 Å². The Bertz CT molecular complexity index is 851. The second-order valence-corrected chi connectivity index (χ2v) is 5.32. The van der Waals surface area contributed by atoms with Crippen molar-refractivity contribution in [2.24, 2.45) is 0 Å². The maximum atomic E-state index is 12.7. The standard InChI is InChI=1S/C17H18N4O/c1-4-13-15(21-10-11(2)7-8-14(21)19-13)17(22)20-16-12(3)6-5-9-18-16/h5-10H,4H2,1-3H3,(H,18,20,22). The number of hydrogen-bond donors (Lipinski definition) is 1. The first-order chi connectivity index (χ1) is 10.6. The Morgan fingerprint density at radius 2 is 2.09 bits per heavy atom. The van der Waals surface area contributed by atoms with Crippen LogP contribution in [0.2, 0.25) is 0 Å². The van der Waals surface area contributed by atoms with Crippen molar-refractivity contribution in [2.75, 3.05) is 5.32 Å². The molecular formula is C17H18N4O. The summed E-state index contributed by atoms with van der Waals surface area (Å²) in [4.78, 5) is 21.5. The lowest BCUT2D eigenvalue weighted by molar-refractivity contribution is 0.102. The van der Waals surface area contributed by atoms with Crippen LogP contribution in [0.4, 0.5) is 5.82 Å². The van der Waals surface area contributed by atoms with E-state index in [0.29, 0.717) is 17.9 Å². The average Bonchev–Trinajstić information content (AvgIpc) is 2.87. The lowest BCUT2D eigenvalue weighted by Crippen LogP contribution is -2.17. The van der Waals surface area contributed by atoms with E-state index >= 15 is 0 Å². The van der Waals surface area contributed by atoms with Gasteiger partial charge in [0.05, 0.1) is 5.69 Å². The van der Waals surface area contributed by atoms with Crippen molar-refractivity contribution >= 4 is 17.4 Å². The summed E-state index contributed by atoms with van der Waals surface area (Å²) >= 11 is 0. The molecule has 0 bridgehead atoms. The smallest absolute Gasteiger partial charge is 0.275 e. The highest BCUT2D eigenvalue weighted by molar-refractivity contribution is 6.04. The Labute approximate surface area is 129 Å². The number of nitrogens with one attached hydrogen (secondary N) is 1. The number of carbonyl (C=O) groups excluding carboxylic acids is 1. The van der Waals surface area contributed by atoms with Gasteiger partial charge in [-0.05, 0) is 43.5 Å². The number of amides is 1. The number of nitrogens with zero attached hydrogens (tertiary/aromatic N) is 3. The SMILES string of the molecule is CCc1nc2ccc(C)cn2c1C(=O)Nc1ncccc1C. The van der Waals surface area contributed by atoms with E-state index < -0.39 is 0 Å². The number of aromatic nitrogens is 3. The number of rotatable bonds is 3. The van der Waals surface area contributed by atoms with Crippen LogP contribution in [0.15, 0.2) is 36.7 Å². The zero-order valence-corrected chi connectivity index (χ0v) is 12.9. The second-order valence-electron chi connectivity index (χ2n) is 5.32. The summed E-state index contributed by atoms with van der Waals surface area (Å²) in [5, 5.41) is 2.89. The van der Waals surface area contributed by atoms with Crippen molar-refractivity contribution in [1.29, 1.82) is 0 Å². The fraction of sp³-hybridized carbons (Fsp3) is 0.235. The van der Waals surface area contributed by atoms with Crippen LogP contribution in [0.5, 0.6) is 0 Å². The Kier molecular flexibility index (Phi) is 3.63. The number of hydrogen-bond acceptors (Lipinski definition) is 3. The Hall–Kier alpha value is -2.69. The fourth-order valence-corrected chi connectivity index (χ4v) is 2.47. The Morgan fingerprint density at radius 3 is 2.82 bits per heavy atom. The van der Waals surface area contributed by atoms with Crippen LogP contribution in [0.25, 0.3) is 5.65 Å². The van der Waals surface area contributed by atoms with Crippen molar-refractivity contribution in [3.05, 3.63) is 59.2 Å². The summed E-state index contributed by atoms with van der Waals surface area (Å²) in [6, 6.07) is 7.69. The van der Waals surface area contributed by atoms with Gasteiger partial charge in [-0.15, -0.1) is 0 Å². The van der Waals surface area contributed by atoms with Gasteiger partial charge in [-0.1, -0.05) is 19.1 Å². The summed E-state index contributed by atoms with van der Waals surface area (Å²) < 4.78 is 1.85. The Balaban J connectivity index is 2.06. The molecule has 22 heavy (non-hydrogen) atoms. The molecule has 5 heteroatoms. The van der Waals surface area contributed by atoms with E-state index in [4.69, 9.17) is 0 Å². The molecule has 1 amide bonds. The molecule has 0 aliphatic heterocycles.